The third kappa shape index (κ3) is 6.11. The average Bonchev–Trinajstić information content (AvgIpc) is 2.46. The molecule has 0 spiro atoms. The highest BCUT2D eigenvalue weighted by atomic mass is 32.2. The van der Waals surface area contributed by atoms with Crippen LogP contribution in [0.3, 0.4) is 0 Å². The van der Waals surface area contributed by atoms with E-state index in [4.69, 9.17) is 0 Å². The van der Waals surface area contributed by atoms with Crippen molar-refractivity contribution in [3.05, 3.63) is 30.1 Å². The summed E-state index contributed by atoms with van der Waals surface area (Å²) in [6.45, 7) is 5.60. The molecule has 0 heterocycles. The highest BCUT2D eigenvalue weighted by Gasteiger charge is 2.23. The molecule has 0 aliphatic rings. The van der Waals surface area contributed by atoms with Gasteiger partial charge in [-0.15, -0.1) is 0 Å². The first-order valence-electron chi connectivity index (χ1n) is 7.33. The smallest absolute Gasteiger partial charge is 0.223 e. The molecule has 7 heteroatoms. The van der Waals surface area contributed by atoms with Gasteiger partial charge in [-0.2, -0.15) is 0 Å². The first-order valence-corrected chi connectivity index (χ1v) is 8.98. The summed E-state index contributed by atoms with van der Waals surface area (Å²) in [7, 11) is -3.60. The van der Waals surface area contributed by atoms with Crippen LogP contribution in [-0.2, 0) is 14.6 Å². The Balaban J connectivity index is 2.50. The molecule has 22 heavy (non-hydrogen) atoms. The number of carbonyl (C=O) groups is 1. The molecule has 124 valence electrons. The van der Waals surface area contributed by atoms with Gasteiger partial charge < -0.3 is 10.6 Å². The van der Waals surface area contributed by atoms with E-state index in [1.165, 1.54) is 12.1 Å². The van der Waals surface area contributed by atoms with E-state index < -0.39 is 21.6 Å². The molecule has 0 bridgehead atoms. The third-order valence-corrected chi connectivity index (χ3v) is 5.05. The second-order valence-corrected chi connectivity index (χ2v) is 7.21. The third-order valence-electron chi connectivity index (χ3n) is 3.12. The topological polar surface area (TPSA) is 75.3 Å². The van der Waals surface area contributed by atoms with Gasteiger partial charge in [0.15, 0.2) is 9.84 Å². The number of amides is 1. The largest absolute Gasteiger partial charge is 0.355 e. The Bertz CT molecular complexity index is 573. The van der Waals surface area contributed by atoms with Crippen LogP contribution in [0.1, 0.15) is 20.3 Å². The summed E-state index contributed by atoms with van der Waals surface area (Å²) in [6.07, 6.45) is 1.01. The molecule has 0 aromatic heterocycles. The van der Waals surface area contributed by atoms with E-state index in [2.05, 4.69) is 10.6 Å². The summed E-state index contributed by atoms with van der Waals surface area (Å²) in [5.41, 5.74) is 0. The van der Waals surface area contributed by atoms with Crippen molar-refractivity contribution in [3.63, 3.8) is 0 Å². The summed E-state index contributed by atoms with van der Waals surface area (Å²) in [5.74, 6) is -1.76. The molecule has 1 rings (SSSR count). The van der Waals surface area contributed by atoms with Crippen molar-refractivity contribution in [2.24, 2.45) is 5.92 Å². The van der Waals surface area contributed by atoms with Gasteiger partial charge in [-0.3, -0.25) is 4.79 Å². The van der Waals surface area contributed by atoms with Gasteiger partial charge in [0, 0.05) is 19.0 Å². The van der Waals surface area contributed by atoms with Gasteiger partial charge in [0.05, 0.1) is 10.6 Å². The number of rotatable bonds is 9. The van der Waals surface area contributed by atoms with Crippen molar-refractivity contribution in [2.75, 3.05) is 25.4 Å². The molecule has 1 unspecified atom stereocenters. The number of carbonyl (C=O) groups excluding carboxylic acids is 1. The summed E-state index contributed by atoms with van der Waals surface area (Å²) in [5, 5.41) is 5.84. The lowest BCUT2D eigenvalue weighted by Gasteiger charge is -2.13. The van der Waals surface area contributed by atoms with Crippen LogP contribution < -0.4 is 10.6 Å². The van der Waals surface area contributed by atoms with Crippen LogP contribution in [0.5, 0.6) is 0 Å². The highest BCUT2D eigenvalue weighted by Crippen LogP contribution is 2.15. The standard InChI is InChI=1S/C15H23FN2O3S/c1-3-8-17-9-10-18-15(19)12(2)11-22(20,21)14-6-4-13(16)5-7-14/h4-7,12,17H,3,8-11H2,1-2H3,(H,18,19). The molecule has 1 atom stereocenters. The number of benzene rings is 1. The molecule has 2 N–H and O–H groups in total. The second-order valence-electron chi connectivity index (χ2n) is 5.18. The molecule has 0 aliphatic carbocycles. The quantitative estimate of drug-likeness (QED) is 0.529. The fourth-order valence-electron chi connectivity index (χ4n) is 1.89. The molecule has 0 saturated carbocycles. The Kier molecular flexibility index (Phi) is 7.47. The van der Waals surface area contributed by atoms with Gasteiger partial charge in [0.25, 0.3) is 0 Å². The van der Waals surface area contributed by atoms with Gasteiger partial charge in [0.1, 0.15) is 5.82 Å². The van der Waals surface area contributed by atoms with Crippen LogP contribution in [0.4, 0.5) is 4.39 Å². The van der Waals surface area contributed by atoms with Crippen LogP contribution in [-0.4, -0.2) is 39.7 Å². The number of hydrogen-bond donors (Lipinski definition) is 2. The number of sulfone groups is 1. The van der Waals surface area contributed by atoms with Gasteiger partial charge in [-0.25, -0.2) is 12.8 Å². The van der Waals surface area contributed by atoms with Crippen LogP contribution in [0.2, 0.25) is 0 Å². The fraction of sp³-hybridized carbons (Fsp3) is 0.533. The molecular formula is C15H23FN2O3S. The Labute approximate surface area is 131 Å². The normalized spacial score (nSPS) is 12.9. The molecular weight excluding hydrogens is 307 g/mol. The van der Waals surface area contributed by atoms with Crippen molar-refractivity contribution in [3.8, 4) is 0 Å². The van der Waals surface area contributed by atoms with E-state index in [0.717, 1.165) is 25.1 Å². The predicted molar refractivity (Wildman–Crippen MR) is 83.8 cm³/mol. The molecule has 0 radical (unpaired) electrons. The zero-order valence-corrected chi connectivity index (χ0v) is 13.7. The zero-order valence-electron chi connectivity index (χ0n) is 12.9. The first kappa shape index (κ1) is 18.6. The maximum Gasteiger partial charge on any atom is 0.223 e. The highest BCUT2D eigenvalue weighted by molar-refractivity contribution is 7.91. The van der Waals surface area contributed by atoms with Gasteiger partial charge >= 0.3 is 0 Å². The minimum absolute atomic E-state index is 0.0261. The van der Waals surface area contributed by atoms with Gasteiger partial charge in [-0.1, -0.05) is 13.8 Å². The number of hydrogen-bond acceptors (Lipinski definition) is 4. The second kappa shape index (κ2) is 8.85. The van der Waals surface area contributed by atoms with Crippen LogP contribution in [0, 0.1) is 11.7 Å². The number of halogens is 1. The average molecular weight is 330 g/mol. The van der Waals surface area contributed by atoms with E-state index in [-0.39, 0.29) is 16.6 Å². The van der Waals surface area contributed by atoms with E-state index in [9.17, 15) is 17.6 Å². The van der Waals surface area contributed by atoms with Gasteiger partial charge in [0.2, 0.25) is 5.91 Å². The lowest BCUT2D eigenvalue weighted by atomic mass is 10.2. The monoisotopic (exact) mass is 330 g/mol. The van der Waals surface area contributed by atoms with Crippen LogP contribution in [0.15, 0.2) is 29.2 Å². The van der Waals surface area contributed by atoms with Gasteiger partial charge in [-0.05, 0) is 37.2 Å². The molecule has 1 aromatic rings. The van der Waals surface area contributed by atoms with Crippen molar-refractivity contribution < 1.29 is 17.6 Å². The molecule has 0 fully saturated rings. The van der Waals surface area contributed by atoms with E-state index >= 15 is 0 Å². The number of nitrogens with one attached hydrogen (secondary N) is 2. The minimum atomic E-state index is -3.60. The van der Waals surface area contributed by atoms with E-state index in [0.29, 0.717) is 13.1 Å². The lowest BCUT2D eigenvalue weighted by Crippen LogP contribution is -2.37. The summed E-state index contributed by atoms with van der Waals surface area (Å²) < 4.78 is 37.1. The summed E-state index contributed by atoms with van der Waals surface area (Å²) >= 11 is 0. The molecule has 1 amide bonds. The molecule has 0 aliphatic heterocycles. The van der Waals surface area contributed by atoms with Crippen molar-refractivity contribution in [1.82, 2.24) is 10.6 Å². The van der Waals surface area contributed by atoms with E-state index in [1.54, 1.807) is 6.92 Å². The maximum atomic E-state index is 12.8. The maximum absolute atomic E-state index is 12.8. The zero-order chi connectivity index (χ0) is 16.6. The molecule has 0 saturated heterocycles. The van der Waals surface area contributed by atoms with Crippen molar-refractivity contribution >= 4 is 15.7 Å². The Morgan fingerprint density at radius 2 is 1.82 bits per heavy atom. The van der Waals surface area contributed by atoms with Crippen molar-refractivity contribution in [1.29, 1.82) is 0 Å². The molecule has 5 nitrogen and oxygen atoms in total. The Morgan fingerprint density at radius 3 is 2.41 bits per heavy atom. The van der Waals surface area contributed by atoms with Crippen LogP contribution in [0.25, 0.3) is 0 Å². The van der Waals surface area contributed by atoms with E-state index in [1.807, 2.05) is 6.92 Å². The summed E-state index contributed by atoms with van der Waals surface area (Å²) in [4.78, 5) is 11.9. The lowest BCUT2D eigenvalue weighted by molar-refractivity contribution is -0.123. The fourth-order valence-corrected chi connectivity index (χ4v) is 3.45. The first-order chi connectivity index (χ1) is 10.4. The minimum Gasteiger partial charge on any atom is -0.355 e. The predicted octanol–water partition coefficient (Wildman–Crippen LogP) is 1.35. The SMILES string of the molecule is CCCNCCNC(=O)C(C)CS(=O)(=O)c1ccc(F)cc1. The molecule has 1 aromatic carbocycles. The Hall–Kier alpha value is -1.47. The Morgan fingerprint density at radius 1 is 1.18 bits per heavy atom. The van der Waals surface area contributed by atoms with Crippen LogP contribution >= 0.6 is 0 Å². The summed E-state index contributed by atoms with van der Waals surface area (Å²) in [6, 6.07) is 4.61. The van der Waals surface area contributed by atoms with Crippen molar-refractivity contribution in [2.45, 2.75) is 25.2 Å².